The van der Waals surface area contributed by atoms with Crippen LogP contribution in [0.4, 0.5) is 0 Å². The fraction of sp³-hybridized carbons (Fsp3) is 0.917. The molecule has 1 aliphatic rings. The number of nitrogens with one attached hydrogen (secondary N) is 2. The Morgan fingerprint density at radius 1 is 1.56 bits per heavy atom. The molecule has 1 fully saturated rings. The first kappa shape index (κ1) is 13.5. The summed E-state index contributed by atoms with van der Waals surface area (Å²) in [4.78, 5) is 14.2. The molecule has 0 aromatic heterocycles. The minimum absolute atomic E-state index is 0.0555. The number of hydrogen-bond donors (Lipinski definition) is 2. The van der Waals surface area contributed by atoms with Crippen molar-refractivity contribution in [3.63, 3.8) is 0 Å². The van der Waals surface area contributed by atoms with Crippen LogP contribution in [0.3, 0.4) is 0 Å². The lowest BCUT2D eigenvalue weighted by Crippen LogP contribution is -2.49. The van der Waals surface area contributed by atoms with E-state index < -0.39 is 0 Å². The van der Waals surface area contributed by atoms with Crippen LogP contribution in [0.15, 0.2) is 0 Å². The molecule has 0 aliphatic carbocycles. The second kappa shape index (κ2) is 6.21. The van der Waals surface area contributed by atoms with Crippen LogP contribution in [0.25, 0.3) is 0 Å². The van der Waals surface area contributed by atoms with Crippen LogP contribution in [0.5, 0.6) is 0 Å². The van der Waals surface area contributed by atoms with Crippen LogP contribution in [0, 0.1) is 5.92 Å². The molecule has 0 spiro atoms. The van der Waals surface area contributed by atoms with Gasteiger partial charge in [0.2, 0.25) is 5.91 Å². The van der Waals surface area contributed by atoms with Crippen molar-refractivity contribution in [1.82, 2.24) is 15.5 Å². The van der Waals surface area contributed by atoms with Crippen LogP contribution < -0.4 is 10.6 Å². The van der Waals surface area contributed by atoms with Gasteiger partial charge in [0.15, 0.2) is 0 Å². The van der Waals surface area contributed by atoms with E-state index in [0.29, 0.717) is 12.1 Å². The van der Waals surface area contributed by atoms with E-state index in [9.17, 15) is 4.79 Å². The molecular formula is C12H25N3O. The number of carbonyl (C=O) groups is 1. The van der Waals surface area contributed by atoms with Gasteiger partial charge in [-0.3, -0.25) is 4.79 Å². The number of nitrogens with zero attached hydrogens (tertiary/aromatic N) is 1. The summed E-state index contributed by atoms with van der Waals surface area (Å²) in [7, 11) is 4.02. The monoisotopic (exact) mass is 227 g/mol. The first-order valence-corrected chi connectivity index (χ1v) is 6.19. The fourth-order valence-corrected chi connectivity index (χ4v) is 2.16. The van der Waals surface area contributed by atoms with Gasteiger partial charge in [-0.25, -0.2) is 0 Å². The highest BCUT2D eigenvalue weighted by molar-refractivity contribution is 5.78. The SMILES string of the molecule is CNCC(C)C(=O)NC1CCN(C)C(C)C1. The van der Waals surface area contributed by atoms with E-state index >= 15 is 0 Å². The average molecular weight is 227 g/mol. The van der Waals surface area contributed by atoms with E-state index in [1.165, 1.54) is 0 Å². The third-order valence-corrected chi connectivity index (χ3v) is 3.51. The minimum atomic E-state index is 0.0555. The lowest BCUT2D eigenvalue weighted by Gasteiger charge is -2.35. The molecule has 4 nitrogen and oxygen atoms in total. The summed E-state index contributed by atoms with van der Waals surface area (Å²) in [5.74, 6) is 0.232. The summed E-state index contributed by atoms with van der Waals surface area (Å²) in [5.41, 5.74) is 0. The number of hydrogen-bond acceptors (Lipinski definition) is 3. The highest BCUT2D eigenvalue weighted by Gasteiger charge is 2.25. The number of carbonyl (C=O) groups excluding carboxylic acids is 1. The molecule has 1 saturated heterocycles. The van der Waals surface area contributed by atoms with Gasteiger partial charge in [-0.1, -0.05) is 6.92 Å². The summed E-state index contributed by atoms with van der Waals surface area (Å²) >= 11 is 0. The maximum Gasteiger partial charge on any atom is 0.224 e. The predicted molar refractivity (Wildman–Crippen MR) is 66.3 cm³/mol. The van der Waals surface area contributed by atoms with Crippen molar-refractivity contribution in [2.45, 2.75) is 38.8 Å². The Morgan fingerprint density at radius 2 is 2.25 bits per heavy atom. The molecule has 1 aliphatic heterocycles. The Bertz CT molecular complexity index is 232. The lowest BCUT2D eigenvalue weighted by atomic mass is 9.98. The Kier molecular flexibility index (Phi) is 5.22. The molecule has 94 valence electrons. The van der Waals surface area contributed by atoms with E-state index in [4.69, 9.17) is 0 Å². The Morgan fingerprint density at radius 3 is 2.81 bits per heavy atom. The zero-order valence-corrected chi connectivity index (χ0v) is 10.9. The molecule has 3 unspecified atom stereocenters. The highest BCUT2D eigenvalue weighted by atomic mass is 16.1. The first-order chi connectivity index (χ1) is 7.54. The molecule has 1 amide bonds. The second-order valence-corrected chi connectivity index (χ2v) is 5.02. The van der Waals surface area contributed by atoms with Crippen molar-refractivity contribution in [2.24, 2.45) is 5.92 Å². The van der Waals surface area contributed by atoms with Crippen molar-refractivity contribution in [1.29, 1.82) is 0 Å². The molecule has 0 radical (unpaired) electrons. The van der Waals surface area contributed by atoms with Gasteiger partial charge < -0.3 is 15.5 Å². The smallest absolute Gasteiger partial charge is 0.224 e. The van der Waals surface area contributed by atoms with Crippen LogP contribution in [0.1, 0.15) is 26.7 Å². The molecule has 2 N–H and O–H groups in total. The van der Waals surface area contributed by atoms with Gasteiger partial charge in [0.1, 0.15) is 0 Å². The summed E-state index contributed by atoms with van der Waals surface area (Å²) in [5, 5.41) is 6.18. The van der Waals surface area contributed by atoms with Gasteiger partial charge in [-0.15, -0.1) is 0 Å². The van der Waals surface area contributed by atoms with E-state index in [-0.39, 0.29) is 11.8 Å². The predicted octanol–water partition coefficient (Wildman–Crippen LogP) is 0.441. The maximum atomic E-state index is 11.8. The topological polar surface area (TPSA) is 44.4 Å². The van der Waals surface area contributed by atoms with Gasteiger partial charge in [-0.05, 0) is 33.9 Å². The Labute approximate surface area is 98.8 Å². The molecule has 0 aromatic rings. The van der Waals surface area contributed by atoms with Crippen molar-refractivity contribution in [3.05, 3.63) is 0 Å². The standard InChI is InChI=1S/C12H25N3O/c1-9(8-13-3)12(16)14-11-5-6-15(4)10(2)7-11/h9-11,13H,5-8H2,1-4H3,(H,14,16). The average Bonchev–Trinajstić information content (AvgIpc) is 2.24. The quantitative estimate of drug-likeness (QED) is 0.732. The summed E-state index contributed by atoms with van der Waals surface area (Å²) in [6.45, 7) is 6.00. The van der Waals surface area contributed by atoms with Gasteiger partial charge in [0.05, 0.1) is 0 Å². The Hall–Kier alpha value is -0.610. The zero-order valence-electron chi connectivity index (χ0n) is 10.9. The fourth-order valence-electron chi connectivity index (χ4n) is 2.16. The van der Waals surface area contributed by atoms with Crippen molar-refractivity contribution in [3.8, 4) is 0 Å². The molecular weight excluding hydrogens is 202 g/mol. The third kappa shape index (κ3) is 3.76. The highest BCUT2D eigenvalue weighted by Crippen LogP contribution is 2.15. The third-order valence-electron chi connectivity index (χ3n) is 3.51. The molecule has 0 bridgehead atoms. The molecule has 4 heteroatoms. The number of piperidine rings is 1. The molecule has 0 aromatic carbocycles. The van der Waals surface area contributed by atoms with Gasteiger partial charge >= 0.3 is 0 Å². The normalized spacial score (nSPS) is 28.8. The van der Waals surface area contributed by atoms with E-state index in [0.717, 1.165) is 25.9 Å². The minimum Gasteiger partial charge on any atom is -0.353 e. The van der Waals surface area contributed by atoms with Crippen LogP contribution in [-0.4, -0.2) is 50.1 Å². The molecule has 3 atom stereocenters. The van der Waals surface area contributed by atoms with Crippen molar-refractivity contribution < 1.29 is 4.79 Å². The molecule has 0 saturated carbocycles. The van der Waals surface area contributed by atoms with Crippen LogP contribution >= 0.6 is 0 Å². The van der Waals surface area contributed by atoms with E-state index in [1.807, 2.05) is 14.0 Å². The van der Waals surface area contributed by atoms with Crippen LogP contribution in [0.2, 0.25) is 0 Å². The number of likely N-dealkylation sites (tertiary alicyclic amines) is 1. The van der Waals surface area contributed by atoms with Crippen molar-refractivity contribution in [2.75, 3.05) is 27.2 Å². The summed E-state index contributed by atoms with van der Waals surface area (Å²) < 4.78 is 0. The molecule has 1 rings (SSSR count). The first-order valence-electron chi connectivity index (χ1n) is 6.19. The zero-order chi connectivity index (χ0) is 12.1. The summed E-state index contributed by atoms with van der Waals surface area (Å²) in [6.07, 6.45) is 2.13. The second-order valence-electron chi connectivity index (χ2n) is 5.02. The van der Waals surface area contributed by atoms with Gasteiger partial charge in [0, 0.05) is 31.1 Å². The lowest BCUT2D eigenvalue weighted by molar-refractivity contribution is -0.125. The van der Waals surface area contributed by atoms with E-state index in [2.05, 4.69) is 29.5 Å². The van der Waals surface area contributed by atoms with Crippen molar-refractivity contribution >= 4 is 5.91 Å². The molecule has 16 heavy (non-hydrogen) atoms. The largest absolute Gasteiger partial charge is 0.353 e. The van der Waals surface area contributed by atoms with Crippen LogP contribution in [-0.2, 0) is 4.79 Å². The number of amides is 1. The maximum absolute atomic E-state index is 11.8. The Balaban J connectivity index is 2.34. The van der Waals surface area contributed by atoms with Gasteiger partial charge in [-0.2, -0.15) is 0 Å². The van der Waals surface area contributed by atoms with E-state index in [1.54, 1.807) is 0 Å². The molecule has 1 heterocycles. The summed E-state index contributed by atoms with van der Waals surface area (Å²) in [6, 6.07) is 0.927. The van der Waals surface area contributed by atoms with Gasteiger partial charge in [0.25, 0.3) is 0 Å². The number of rotatable bonds is 4.